The Hall–Kier alpha value is -1.01. The molecule has 2 unspecified atom stereocenters. The first kappa shape index (κ1) is 15.4. The van der Waals surface area contributed by atoms with Gasteiger partial charge in [-0.05, 0) is 50.2 Å². The van der Waals surface area contributed by atoms with Gasteiger partial charge in [-0.3, -0.25) is 4.79 Å². The van der Waals surface area contributed by atoms with Crippen LogP contribution in [-0.2, 0) is 6.42 Å². The van der Waals surface area contributed by atoms with E-state index in [1.165, 1.54) is 18.0 Å². The number of rotatable bonds is 6. The van der Waals surface area contributed by atoms with E-state index in [4.69, 9.17) is 5.73 Å². The van der Waals surface area contributed by atoms with Crippen LogP contribution in [0.5, 0.6) is 0 Å². The molecule has 2 N–H and O–H groups in total. The molecule has 1 heterocycles. The minimum atomic E-state index is 0.0938. The molecular formula is C14H24N4OS. The number of hydrogen-bond donors (Lipinski definition) is 1. The fourth-order valence-electron chi connectivity index (χ4n) is 3.13. The van der Waals surface area contributed by atoms with E-state index in [-0.39, 0.29) is 11.9 Å². The molecule has 1 aliphatic carbocycles. The van der Waals surface area contributed by atoms with Crippen LogP contribution < -0.4 is 5.73 Å². The van der Waals surface area contributed by atoms with Crippen LogP contribution in [-0.4, -0.2) is 39.5 Å². The van der Waals surface area contributed by atoms with E-state index in [1.807, 2.05) is 11.8 Å². The van der Waals surface area contributed by atoms with Gasteiger partial charge in [0.1, 0.15) is 4.88 Å². The van der Waals surface area contributed by atoms with Crippen LogP contribution >= 0.6 is 11.5 Å². The fraction of sp³-hybridized carbons (Fsp3) is 0.786. The van der Waals surface area contributed by atoms with Gasteiger partial charge in [-0.25, -0.2) is 0 Å². The molecule has 5 nitrogen and oxygen atoms in total. The number of aryl methyl sites for hydroxylation is 1. The largest absolute Gasteiger partial charge is 0.335 e. The third kappa shape index (κ3) is 3.01. The van der Waals surface area contributed by atoms with Crippen molar-refractivity contribution in [3.8, 4) is 0 Å². The summed E-state index contributed by atoms with van der Waals surface area (Å²) < 4.78 is 3.96. The van der Waals surface area contributed by atoms with E-state index in [1.54, 1.807) is 0 Å². The van der Waals surface area contributed by atoms with Gasteiger partial charge >= 0.3 is 0 Å². The van der Waals surface area contributed by atoms with Gasteiger partial charge in [0.25, 0.3) is 5.91 Å². The molecule has 1 fully saturated rings. The van der Waals surface area contributed by atoms with Crippen molar-refractivity contribution in [3.05, 3.63) is 10.6 Å². The zero-order valence-electron chi connectivity index (χ0n) is 12.3. The minimum absolute atomic E-state index is 0.0938. The van der Waals surface area contributed by atoms with Crippen molar-refractivity contribution in [2.24, 2.45) is 11.7 Å². The summed E-state index contributed by atoms with van der Waals surface area (Å²) in [5.41, 5.74) is 6.70. The molecule has 0 spiro atoms. The van der Waals surface area contributed by atoms with Gasteiger partial charge in [0.15, 0.2) is 0 Å². The van der Waals surface area contributed by atoms with E-state index >= 15 is 0 Å². The van der Waals surface area contributed by atoms with Gasteiger partial charge in [0, 0.05) is 12.6 Å². The molecule has 6 heteroatoms. The number of carbonyl (C=O) groups is 1. The maximum atomic E-state index is 12.8. The van der Waals surface area contributed by atoms with E-state index in [0.717, 1.165) is 42.8 Å². The van der Waals surface area contributed by atoms with Gasteiger partial charge in [-0.2, -0.15) is 0 Å². The zero-order chi connectivity index (χ0) is 14.5. The lowest BCUT2D eigenvalue weighted by atomic mass is 10.0. The monoisotopic (exact) mass is 296 g/mol. The number of nitrogens with zero attached hydrogens (tertiary/aromatic N) is 3. The highest BCUT2D eigenvalue weighted by atomic mass is 32.1. The lowest BCUT2D eigenvalue weighted by Crippen LogP contribution is -2.44. The molecule has 0 aliphatic heterocycles. The van der Waals surface area contributed by atoms with Gasteiger partial charge in [-0.15, -0.1) is 5.10 Å². The Balaban J connectivity index is 2.18. The van der Waals surface area contributed by atoms with Crippen molar-refractivity contribution in [1.29, 1.82) is 0 Å². The maximum Gasteiger partial charge on any atom is 0.267 e. The Labute approximate surface area is 124 Å². The van der Waals surface area contributed by atoms with Crippen LogP contribution in [0.4, 0.5) is 0 Å². The molecule has 0 bridgehead atoms. The topological polar surface area (TPSA) is 72.1 Å². The summed E-state index contributed by atoms with van der Waals surface area (Å²) in [4.78, 5) is 15.5. The molecule has 0 aromatic carbocycles. The van der Waals surface area contributed by atoms with E-state index in [2.05, 4.69) is 16.5 Å². The highest BCUT2D eigenvalue weighted by Crippen LogP contribution is 2.30. The summed E-state index contributed by atoms with van der Waals surface area (Å²) in [6.45, 7) is 5.52. The predicted octanol–water partition coefficient (Wildman–Crippen LogP) is 2.08. The molecule has 1 aromatic rings. The number of nitrogens with two attached hydrogens (primary N) is 1. The number of amides is 1. The second-order valence-electron chi connectivity index (χ2n) is 5.38. The van der Waals surface area contributed by atoms with Gasteiger partial charge < -0.3 is 10.6 Å². The Morgan fingerprint density at radius 2 is 2.25 bits per heavy atom. The standard InChI is InChI=1S/C14H24N4OS/c1-3-6-11-13(20-17-16-11)14(19)18(4-2)12-8-5-7-10(12)9-15/h10,12H,3-9,15H2,1-2H3. The van der Waals surface area contributed by atoms with E-state index in [0.29, 0.717) is 12.5 Å². The lowest BCUT2D eigenvalue weighted by Gasteiger charge is -2.31. The Morgan fingerprint density at radius 3 is 2.90 bits per heavy atom. The second-order valence-corrected chi connectivity index (χ2v) is 6.14. The zero-order valence-corrected chi connectivity index (χ0v) is 13.2. The average molecular weight is 296 g/mol. The molecule has 2 rings (SSSR count). The molecule has 1 aliphatic rings. The second kappa shape index (κ2) is 7.13. The highest BCUT2D eigenvalue weighted by molar-refractivity contribution is 7.08. The quantitative estimate of drug-likeness (QED) is 0.872. The number of hydrogen-bond acceptors (Lipinski definition) is 5. The van der Waals surface area contributed by atoms with Gasteiger partial charge in [0.05, 0.1) is 5.69 Å². The van der Waals surface area contributed by atoms with Gasteiger partial charge in [-0.1, -0.05) is 24.3 Å². The van der Waals surface area contributed by atoms with E-state index < -0.39 is 0 Å². The predicted molar refractivity (Wildman–Crippen MR) is 80.8 cm³/mol. The summed E-state index contributed by atoms with van der Waals surface area (Å²) >= 11 is 1.23. The van der Waals surface area contributed by atoms with Crippen LogP contribution in [0.25, 0.3) is 0 Å². The molecule has 1 amide bonds. The van der Waals surface area contributed by atoms with Crippen molar-refractivity contribution in [2.45, 2.75) is 52.0 Å². The van der Waals surface area contributed by atoms with Crippen LogP contribution in [0, 0.1) is 5.92 Å². The van der Waals surface area contributed by atoms with Gasteiger partial charge in [0.2, 0.25) is 0 Å². The van der Waals surface area contributed by atoms with Crippen LogP contribution in [0.3, 0.4) is 0 Å². The fourth-order valence-corrected chi connectivity index (χ4v) is 3.80. The Kier molecular flexibility index (Phi) is 5.48. The SMILES string of the molecule is CCCc1nnsc1C(=O)N(CC)C1CCCC1CN. The smallest absolute Gasteiger partial charge is 0.267 e. The van der Waals surface area contributed by atoms with Crippen molar-refractivity contribution in [2.75, 3.05) is 13.1 Å². The molecular weight excluding hydrogens is 272 g/mol. The van der Waals surface area contributed by atoms with Crippen molar-refractivity contribution >= 4 is 17.4 Å². The molecule has 2 atom stereocenters. The first-order chi connectivity index (χ1) is 9.72. The van der Waals surface area contributed by atoms with Crippen LogP contribution in [0.1, 0.15) is 54.9 Å². The lowest BCUT2D eigenvalue weighted by molar-refractivity contribution is 0.0655. The molecule has 1 saturated carbocycles. The molecule has 20 heavy (non-hydrogen) atoms. The first-order valence-corrected chi connectivity index (χ1v) is 8.32. The van der Waals surface area contributed by atoms with Crippen LogP contribution in [0.15, 0.2) is 0 Å². The third-order valence-electron chi connectivity index (χ3n) is 4.16. The molecule has 0 saturated heterocycles. The van der Waals surface area contributed by atoms with E-state index in [9.17, 15) is 4.79 Å². The summed E-state index contributed by atoms with van der Waals surface area (Å²) in [5, 5.41) is 4.11. The van der Waals surface area contributed by atoms with Crippen molar-refractivity contribution in [1.82, 2.24) is 14.5 Å². The molecule has 112 valence electrons. The summed E-state index contributed by atoms with van der Waals surface area (Å²) in [6.07, 6.45) is 5.16. The molecule has 0 radical (unpaired) electrons. The summed E-state index contributed by atoms with van der Waals surface area (Å²) in [7, 11) is 0. The first-order valence-electron chi connectivity index (χ1n) is 7.55. The summed E-state index contributed by atoms with van der Waals surface area (Å²) in [5.74, 6) is 0.533. The Morgan fingerprint density at radius 1 is 1.45 bits per heavy atom. The number of carbonyl (C=O) groups excluding carboxylic acids is 1. The highest BCUT2D eigenvalue weighted by Gasteiger charge is 2.34. The van der Waals surface area contributed by atoms with Crippen molar-refractivity contribution < 1.29 is 4.79 Å². The third-order valence-corrected chi connectivity index (χ3v) is 4.92. The molecule has 1 aromatic heterocycles. The van der Waals surface area contributed by atoms with Crippen molar-refractivity contribution in [3.63, 3.8) is 0 Å². The Bertz CT molecular complexity index is 448. The summed E-state index contributed by atoms with van der Waals surface area (Å²) in [6, 6.07) is 0.286. The normalized spacial score (nSPS) is 22.1. The maximum absolute atomic E-state index is 12.8. The average Bonchev–Trinajstić information content (AvgIpc) is 3.08. The minimum Gasteiger partial charge on any atom is -0.335 e. The van der Waals surface area contributed by atoms with Crippen LogP contribution in [0.2, 0.25) is 0 Å². The number of aromatic nitrogens is 2.